The molecule has 0 aliphatic rings. The first-order chi connectivity index (χ1) is 13.0. The summed E-state index contributed by atoms with van der Waals surface area (Å²) in [5.41, 5.74) is 1.65. The maximum absolute atomic E-state index is 12.4. The van der Waals surface area contributed by atoms with Crippen molar-refractivity contribution in [3.05, 3.63) is 59.1 Å². The van der Waals surface area contributed by atoms with Crippen LogP contribution in [0.25, 0.3) is 0 Å². The van der Waals surface area contributed by atoms with E-state index in [1.54, 1.807) is 19.2 Å². The van der Waals surface area contributed by atoms with Crippen molar-refractivity contribution >= 4 is 40.9 Å². The maximum atomic E-state index is 12.4. The summed E-state index contributed by atoms with van der Waals surface area (Å²) in [5.74, 6) is 1.26. The molecule has 0 saturated carbocycles. The van der Waals surface area contributed by atoms with Gasteiger partial charge in [0.05, 0.1) is 25.1 Å². The number of hydrogen-bond acceptors (Lipinski definition) is 4. The van der Waals surface area contributed by atoms with Crippen LogP contribution < -0.4 is 10.1 Å². The van der Waals surface area contributed by atoms with Gasteiger partial charge in [-0.05, 0) is 36.8 Å². The van der Waals surface area contributed by atoms with Crippen molar-refractivity contribution in [2.45, 2.75) is 12.7 Å². The molecule has 0 fully saturated rings. The van der Waals surface area contributed by atoms with E-state index < -0.39 is 0 Å². The normalized spacial score (nSPS) is 10.3. The van der Waals surface area contributed by atoms with E-state index in [1.165, 1.54) is 16.7 Å². The van der Waals surface area contributed by atoms with Crippen molar-refractivity contribution in [3.63, 3.8) is 0 Å². The lowest BCUT2D eigenvalue weighted by molar-refractivity contribution is -0.132. The molecule has 144 valence electrons. The highest BCUT2D eigenvalue weighted by Crippen LogP contribution is 2.23. The van der Waals surface area contributed by atoms with Crippen molar-refractivity contribution in [2.24, 2.45) is 0 Å². The lowest BCUT2D eigenvalue weighted by atomic mass is 10.2. The summed E-state index contributed by atoms with van der Waals surface area (Å²) < 4.78 is 5.22. The molecule has 0 bridgehead atoms. The third kappa shape index (κ3) is 6.81. The molecule has 0 heterocycles. The van der Waals surface area contributed by atoms with E-state index in [0.29, 0.717) is 34.5 Å². The van der Waals surface area contributed by atoms with Crippen molar-refractivity contribution in [3.8, 4) is 5.75 Å². The number of carbonyl (C=O) groups excluding carboxylic acids is 2. The number of halogens is 1. The monoisotopic (exact) mass is 406 g/mol. The number of likely N-dealkylation sites (N-methyl/N-ethyl adjacent to an activating group) is 1. The molecule has 2 rings (SSSR count). The smallest absolute Gasteiger partial charge is 0.244 e. The summed E-state index contributed by atoms with van der Waals surface area (Å²) in [7, 11) is 1.55. The van der Waals surface area contributed by atoms with Gasteiger partial charge in [0.1, 0.15) is 5.75 Å². The second-order valence-corrected chi connectivity index (χ2v) is 7.20. The number of carbonyl (C=O) groups is 2. The molecule has 2 aromatic rings. The maximum Gasteiger partial charge on any atom is 0.244 e. The minimum atomic E-state index is -0.255. The number of rotatable bonds is 9. The van der Waals surface area contributed by atoms with Crippen molar-refractivity contribution in [1.29, 1.82) is 0 Å². The third-order valence-corrected chi connectivity index (χ3v) is 5.06. The average Bonchev–Trinajstić information content (AvgIpc) is 2.66. The van der Waals surface area contributed by atoms with Gasteiger partial charge in [-0.15, -0.1) is 11.8 Å². The molecule has 0 spiro atoms. The van der Waals surface area contributed by atoms with Crippen LogP contribution in [0.2, 0.25) is 5.02 Å². The highest BCUT2D eigenvalue weighted by molar-refractivity contribution is 7.99. The van der Waals surface area contributed by atoms with Crippen LogP contribution in [0.1, 0.15) is 12.5 Å². The minimum absolute atomic E-state index is 0.00507. The zero-order valence-electron chi connectivity index (χ0n) is 15.4. The van der Waals surface area contributed by atoms with Crippen molar-refractivity contribution < 1.29 is 14.3 Å². The van der Waals surface area contributed by atoms with Gasteiger partial charge in [-0.2, -0.15) is 0 Å². The lowest BCUT2D eigenvalue weighted by Gasteiger charge is -2.20. The van der Waals surface area contributed by atoms with Gasteiger partial charge < -0.3 is 15.0 Å². The Balaban J connectivity index is 1.84. The SMILES string of the molecule is CCN(CC(=O)Nc1ccccc1OC)C(=O)CSCc1cccc(Cl)c1. The number of benzene rings is 2. The van der Waals surface area contributed by atoms with Crippen LogP contribution in [0.5, 0.6) is 5.75 Å². The third-order valence-electron chi connectivity index (χ3n) is 3.83. The standard InChI is InChI=1S/C20H23ClN2O3S/c1-3-23(12-19(24)22-17-9-4-5-10-18(17)26-2)20(25)14-27-13-15-7-6-8-16(21)11-15/h4-11H,3,12-14H2,1-2H3,(H,22,24). The summed E-state index contributed by atoms with van der Waals surface area (Å²) in [6.45, 7) is 2.33. The largest absolute Gasteiger partial charge is 0.495 e. The van der Waals surface area contributed by atoms with Gasteiger partial charge in [-0.3, -0.25) is 9.59 Å². The molecule has 2 aromatic carbocycles. The molecule has 0 atom stereocenters. The van der Waals surface area contributed by atoms with Gasteiger partial charge in [-0.25, -0.2) is 0 Å². The topological polar surface area (TPSA) is 58.6 Å². The van der Waals surface area contributed by atoms with Crippen LogP contribution in [-0.4, -0.2) is 42.7 Å². The number of ether oxygens (including phenoxy) is 1. The Bertz CT molecular complexity index is 785. The van der Waals surface area contributed by atoms with Crippen LogP contribution >= 0.6 is 23.4 Å². The van der Waals surface area contributed by atoms with E-state index >= 15 is 0 Å². The molecular weight excluding hydrogens is 384 g/mol. The summed E-state index contributed by atoms with van der Waals surface area (Å²) in [5, 5.41) is 3.47. The van der Waals surface area contributed by atoms with E-state index in [-0.39, 0.29) is 18.4 Å². The number of anilines is 1. The first kappa shape index (κ1) is 21.1. The van der Waals surface area contributed by atoms with Crippen LogP contribution in [-0.2, 0) is 15.3 Å². The minimum Gasteiger partial charge on any atom is -0.495 e. The Morgan fingerprint density at radius 3 is 2.67 bits per heavy atom. The Hall–Kier alpha value is -2.18. The quantitative estimate of drug-likeness (QED) is 0.682. The molecule has 5 nitrogen and oxygen atoms in total. The van der Waals surface area contributed by atoms with Crippen LogP contribution in [0.4, 0.5) is 5.69 Å². The second kappa shape index (κ2) is 10.8. The Kier molecular flexibility index (Phi) is 8.48. The van der Waals surface area contributed by atoms with E-state index in [4.69, 9.17) is 16.3 Å². The van der Waals surface area contributed by atoms with Crippen molar-refractivity contribution in [2.75, 3.05) is 31.3 Å². The first-order valence-electron chi connectivity index (χ1n) is 8.56. The molecule has 0 aliphatic heterocycles. The average molecular weight is 407 g/mol. The molecule has 1 N–H and O–H groups in total. The highest BCUT2D eigenvalue weighted by atomic mass is 35.5. The fraction of sp³-hybridized carbons (Fsp3) is 0.300. The van der Waals surface area contributed by atoms with E-state index in [2.05, 4.69) is 5.32 Å². The fourth-order valence-electron chi connectivity index (χ4n) is 2.46. The number of amides is 2. The molecule has 7 heteroatoms. The highest BCUT2D eigenvalue weighted by Gasteiger charge is 2.16. The molecule has 0 saturated heterocycles. The molecule has 27 heavy (non-hydrogen) atoms. The number of nitrogens with one attached hydrogen (secondary N) is 1. The molecule has 0 radical (unpaired) electrons. The van der Waals surface area contributed by atoms with Crippen molar-refractivity contribution in [1.82, 2.24) is 4.90 Å². The van der Waals surface area contributed by atoms with E-state index in [0.717, 1.165) is 5.56 Å². The van der Waals surface area contributed by atoms with E-state index in [9.17, 15) is 9.59 Å². The zero-order chi connectivity index (χ0) is 19.6. The van der Waals surface area contributed by atoms with E-state index in [1.807, 2.05) is 43.3 Å². The summed E-state index contributed by atoms with van der Waals surface area (Å²) in [6.07, 6.45) is 0. The molecule has 0 aromatic heterocycles. The first-order valence-corrected chi connectivity index (χ1v) is 10.1. The van der Waals surface area contributed by atoms with Gasteiger partial charge in [-0.1, -0.05) is 35.9 Å². The molecule has 0 aliphatic carbocycles. The Labute approximate surface area is 169 Å². The summed E-state index contributed by atoms with van der Waals surface area (Å²) >= 11 is 7.47. The number of hydrogen-bond donors (Lipinski definition) is 1. The predicted octanol–water partition coefficient (Wildman–Crippen LogP) is 4.07. The number of nitrogens with zero attached hydrogens (tertiary/aromatic N) is 1. The van der Waals surface area contributed by atoms with Crippen LogP contribution in [0, 0.1) is 0 Å². The second-order valence-electron chi connectivity index (χ2n) is 5.78. The molecule has 2 amide bonds. The van der Waals surface area contributed by atoms with Gasteiger partial charge in [0.15, 0.2) is 0 Å². The van der Waals surface area contributed by atoms with Gasteiger partial charge in [0.25, 0.3) is 0 Å². The van der Waals surface area contributed by atoms with Gasteiger partial charge in [0.2, 0.25) is 11.8 Å². The summed E-state index contributed by atoms with van der Waals surface area (Å²) in [4.78, 5) is 26.3. The predicted molar refractivity (Wildman–Crippen MR) is 111 cm³/mol. The van der Waals surface area contributed by atoms with Gasteiger partial charge >= 0.3 is 0 Å². The number of thioether (sulfide) groups is 1. The number of para-hydroxylation sites is 2. The summed E-state index contributed by atoms with van der Waals surface area (Å²) in [6, 6.07) is 14.7. The zero-order valence-corrected chi connectivity index (χ0v) is 17.0. The van der Waals surface area contributed by atoms with Crippen LogP contribution in [0.3, 0.4) is 0 Å². The Morgan fingerprint density at radius 1 is 1.19 bits per heavy atom. The molecular formula is C20H23ClN2O3S. The van der Waals surface area contributed by atoms with Gasteiger partial charge in [0, 0.05) is 17.3 Å². The van der Waals surface area contributed by atoms with Crippen LogP contribution in [0.15, 0.2) is 48.5 Å². The fourth-order valence-corrected chi connectivity index (χ4v) is 3.55. The number of methoxy groups -OCH3 is 1. The Morgan fingerprint density at radius 2 is 1.96 bits per heavy atom. The lowest BCUT2D eigenvalue weighted by Crippen LogP contribution is -2.38. The molecule has 0 unspecified atom stereocenters.